The van der Waals surface area contributed by atoms with E-state index in [4.69, 9.17) is 21.4 Å². The van der Waals surface area contributed by atoms with E-state index in [0.717, 1.165) is 5.56 Å². The van der Waals surface area contributed by atoms with Crippen molar-refractivity contribution in [1.82, 2.24) is 5.16 Å². The molecule has 0 atom stereocenters. The van der Waals surface area contributed by atoms with Gasteiger partial charge in [-0.25, -0.2) is 0 Å². The Hall–Kier alpha value is -2.65. The number of hydrogen-bond donors (Lipinski definition) is 1. The van der Waals surface area contributed by atoms with Gasteiger partial charge in [0.25, 0.3) is 0 Å². The Morgan fingerprint density at radius 2 is 2.14 bits per heavy atom. The summed E-state index contributed by atoms with van der Waals surface area (Å²) in [5.74, 6) is -0.130. The van der Waals surface area contributed by atoms with Crippen LogP contribution in [0.15, 0.2) is 33.9 Å². The van der Waals surface area contributed by atoms with Crippen molar-refractivity contribution in [2.75, 3.05) is 5.43 Å². The third-order valence-corrected chi connectivity index (χ3v) is 2.74. The second-order valence-corrected chi connectivity index (χ2v) is 4.79. The number of carbonyl (C=O) groups excluding carboxylic acids is 1. The van der Waals surface area contributed by atoms with E-state index >= 15 is 0 Å². The van der Waals surface area contributed by atoms with Gasteiger partial charge in [-0.2, -0.15) is 10.4 Å². The quantitative estimate of drug-likeness (QED) is 0.532. The van der Waals surface area contributed by atoms with Crippen molar-refractivity contribution < 1.29 is 9.32 Å². The number of halogens is 1. The molecular formula is C14H11ClN4O2. The Morgan fingerprint density at radius 1 is 1.38 bits per heavy atom. The number of hydrogen-bond acceptors (Lipinski definition) is 6. The first-order chi connectivity index (χ1) is 9.99. The number of aromatic nitrogens is 1. The smallest absolute Gasteiger partial charge is 0.245 e. The van der Waals surface area contributed by atoms with E-state index in [-0.39, 0.29) is 11.4 Å². The highest BCUT2D eigenvalue weighted by molar-refractivity contribution is 6.51. The van der Waals surface area contributed by atoms with Crippen LogP contribution in [0.2, 0.25) is 5.02 Å². The molecule has 1 heterocycles. The number of nitrogens with zero attached hydrogens (tertiary/aromatic N) is 3. The van der Waals surface area contributed by atoms with E-state index in [0.29, 0.717) is 16.5 Å². The first-order valence-corrected chi connectivity index (χ1v) is 6.36. The lowest BCUT2D eigenvalue weighted by Gasteiger charge is -2.03. The first-order valence-electron chi connectivity index (χ1n) is 5.98. The van der Waals surface area contributed by atoms with Crippen LogP contribution in [0.3, 0.4) is 0 Å². The number of aryl methyl sites for hydroxylation is 2. The number of hydrazone groups is 1. The number of anilines is 1. The van der Waals surface area contributed by atoms with Crippen molar-refractivity contribution in [3.63, 3.8) is 0 Å². The van der Waals surface area contributed by atoms with Crippen LogP contribution in [0, 0.1) is 25.2 Å². The summed E-state index contributed by atoms with van der Waals surface area (Å²) < 4.78 is 4.80. The van der Waals surface area contributed by atoms with E-state index in [1.807, 2.05) is 6.92 Å². The van der Waals surface area contributed by atoms with Crippen molar-refractivity contribution in [1.29, 1.82) is 5.26 Å². The Balaban J connectivity index is 2.21. The minimum atomic E-state index is -0.611. The molecule has 21 heavy (non-hydrogen) atoms. The third-order valence-electron chi connectivity index (χ3n) is 2.52. The van der Waals surface area contributed by atoms with E-state index < -0.39 is 5.78 Å². The summed E-state index contributed by atoms with van der Waals surface area (Å²) in [5.41, 5.74) is 3.87. The maximum absolute atomic E-state index is 12.0. The summed E-state index contributed by atoms with van der Waals surface area (Å²) >= 11 is 5.92. The Kier molecular flexibility index (Phi) is 4.36. The van der Waals surface area contributed by atoms with Crippen molar-refractivity contribution in [3.05, 3.63) is 46.3 Å². The minimum absolute atomic E-state index is 0.0388. The zero-order chi connectivity index (χ0) is 15.4. The molecule has 1 N–H and O–H groups in total. The normalized spacial score (nSPS) is 11.0. The molecule has 0 aliphatic rings. The van der Waals surface area contributed by atoms with Gasteiger partial charge in [0.2, 0.25) is 11.5 Å². The SMILES string of the molecule is Cc1cc(Cl)cc(N/N=C(\C#N)C(=O)c2cc(C)on2)c1. The molecule has 0 saturated carbocycles. The number of Topliss-reactive ketones (excluding diaryl/α,β-unsaturated/α-hetero) is 1. The van der Waals surface area contributed by atoms with Gasteiger partial charge in [0.15, 0.2) is 5.69 Å². The van der Waals surface area contributed by atoms with Crippen LogP contribution in [0.25, 0.3) is 0 Å². The van der Waals surface area contributed by atoms with Gasteiger partial charge in [-0.3, -0.25) is 10.2 Å². The highest BCUT2D eigenvalue weighted by Crippen LogP contribution is 2.18. The maximum Gasteiger partial charge on any atom is 0.245 e. The zero-order valence-electron chi connectivity index (χ0n) is 11.3. The second-order valence-electron chi connectivity index (χ2n) is 4.35. The Morgan fingerprint density at radius 3 is 2.71 bits per heavy atom. The van der Waals surface area contributed by atoms with Gasteiger partial charge >= 0.3 is 0 Å². The lowest BCUT2D eigenvalue weighted by Crippen LogP contribution is -2.14. The zero-order valence-corrected chi connectivity index (χ0v) is 12.1. The van der Waals surface area contributed by atoms with Crippen molar-refractivity contribution in [3.8, 4) is 6.07 Å². The summed E-state index contributed by atoms with van der Waals surface area (Å²) in [6.07, 6.45) is 0. The molecule has 0 aliphatic carbocycles. The van der Waals surface area contributed by atoms with Gasteiger partial charge in [0.1, 0.15) is 11.8 Å². The van der Waals surface area contributed by atoms with Crippen LogP contribution in [-0.4, -0.2) is 16.7 Å². The first kappa shape index (κ1) is 14.8. The highest BCUT2D eigenvalue weighted by atomic mass is 35.5. The fraction of sp³-hybridized carbons (Fsp3) is 0.143. The molecule has 2 aromatic rings. The average Bonchev–Trinajstić information content (AvgIpc) is 2.85. The lowest BCUT2D eigenvalue weighted by atomic mass is 10.2. The predicted octanol–water partition coefficient (Wildman–Crippen LogP) is 3.12. The molecule has 0 amide bonds. The molecule has 106 valence electrons. The van der Waals surface area contributed by atoms with Crippen LogP contribution in [0.4, 0.5) is 5.69 Å². The van der Waals surface area contributed by atoms with Crippen LogP contribution in [-0.2, 0) is 0 Å². The second kappa shape index (κ2) is 6.20. The topological polar surface area (TPSA) is 91.3 Å². The summed E-state index contributed by atoms with van der Waals surface area (Å²) in [4.78, 5) is 12.0. The number of nitrogens with one attached hydrogen (secondary N) is 1. The number of benzene rings is 1. The fourth-order valence-corrected chi connectivity index (χ4v) is 1.93. The number of carbonyl (C=O) groups is 1. The lowest BCUT2D eigenvalue weighted by molar-refractivity contribution is 0.105. The Bertz CT molecular complexity index is 738. The highest BCUT2D eigenvalue weighted by Gasteiger charge is 2.18. The molecule has 6 nitrogen and oxygen atoms in total. The van der Waals surface area contributed by atoms with Crippen LogP contribution in [0.5, 0.6) is 0 Å². The molecule has 0 bridgehead atoms. The van der Waals surface area contributed by atoms with E-state index in [1.165, 1.54) is 6.07 Å². The van der Waals surface area contributed by atoms with E-state index in [1.54, 1.807) is 31.2 Å². The van der Waals surface area contributed by atoms with Crippen LogP contribution < -0.4 is 5.43 Å². The monoisotopic (exact) mass is 302 g/mol. The molecule has 0 unspecified atom stereocenters. The van der Waals surface area contributed by atoms with Gasteiger partial charge in [0, 0.05) is 11.1 Å². The van der Waals surface area contributed by atoms with Crippen molar-refractivity contribution >= 4 is 28.8 Å². The van der Waals surface area contributed by atoms with E-state index in [9.17, 15) is 4.79 Å². The fourth-order valence-electron chi connectivity index (χ4n) is 1.64. The van der Waals surface area contributed by atoms with Crippen molar-refractivity contribution in [2.24, 2.45) is 5.10 Å². The van der Waals surface area contributed by atoms with E-state index in [2.05, 4.69) is 15.7 Å². The number of nitriles is 1. The van der Waals surface area contributed by atoms with Crippen LogP contribution in [0.1, 0.15) is 21.8 Å². The van der Waals surface area contributed by atoms with Gasteiger partial charge in [0.05, 0.1) is 5.69 Å². The third kappa shape index (κ3) is 3.68. The van der Waals surface area contributed by atoms with Crippen molar-refractivity contribution in [2.45, 2.75) is 13.8 Å². The molecule has 1 aromatic carbocycles. The van der Waals surface area contributed by atoms with Gasteiger partial charge in [-0.15, -0.1) is 0 Å². The van der Waals surface area contributed by atoms with Gasteiger partial charge in [-0.05, 0) is 37.6 Å². The molecular weight excluding hydrogens is 292 g/mol. The standard InChI is InChI=1S/C14H11ClN4O2/c1-8-3-10(15)6-11(4-8)17-18-13(7-16)14(20)12-5-9(2)21-19-12/h3-6,17H,1-2H3/b18-13+. The largest absolute Gasteiger partial charge is 0.361 e. The average molecular weight is 303 g/mol. The molecule has 0 radical (unpaired) electrons. The van der Waals surface area contributed by atoms with Gasteiger partial charge in [-0.1, -0.05) is 16.8 Å². The molecule has 0 spiro atoms. The summed E-state index contributed by atoms with van der Waals surface area (Å²) in [6.45, 7) is 3.52. The molecule has 2 rings (SSSR count). The molecule has 0 saturated heterocycles. The minimum Gasteiger partial charge on any atom is -0.361 e. The maximum atomic E-state index is 12.0. The van der Waals surface area contributed by atoms with Crippen LogP contribution >= 0.6 is 11.6 Å². The molecule has 1 aromatic heterocycles. The molecule has 7 heteroatoms. The molecule has 0 fully saturated rings. The summed E-state index contributed by atoms with van der Waals surface area (Å²) in [7, 11) is 0. The summed E-state index contributed by atoms with van der Waals surface area (Å²) in [6, 6.07) is 8.38. The van der Waals surface area contributed by atoms with Gasteiger partial charge < -0.3 is 4.52 Å². The molecule has 0 aliphatic heterocycles. The number of ketones is 1. The Labute approximate surface area is 126 Å². The summed E-state index contributed by atoms with van der Waals surface area (Å²) in [5, 5.41) is 16.9. The number of rotatable bonds is 4. The predicted molar refractivity (Wildman–Crippen MR) is 78.4 cm³/mol.